The molecule has 0 spiro atoms. The highest BCUT2D eigenvalue weighted by atomic mass is 16.5. The highest BCUT2D eigenvalue weighted by Crippen LogP contribution is 2.18. The number of para-hydroxylation sites is 1. The van der Waals surface area contributed by atoms with Gasteiger partial charge in [-0.3, -0.25) is 9.78 Å². The average molecular weight is 338 g/mol. The van der Waals surface area contributed by atoms with Gasteiger partial charge in [-0.2, -0.15) is 0 Å². The van der Waals surface area contributed by atoms with Gasteiger partial charge in [0.1, 0.15) is 0 Å². The van der Waals surface area contributed by atoms with Crippen LogP contribution in [0, 0.1) is 0 Å². The number of rotatable bonds is 4. The van der Waals surface area contributed by atoms with Crippen LogP contribution in [-0.4, -0.2) is 41.0 Å². The third-order valence-corrected chi connectivity index (χ3v) is 4.52. The Kier molecular flexibility index (Phi) is 5.43. The van der Waals surface area contributed by atoms with Crippen molar-refractivity contribution in [2.45, 2.75) is 32.2 Å². The third-order valence-electron chi connectivity index (χ3n) is 4.52. The monoisotopic (exact) mass is 338 g/mol. The molecule has 2 heterocycles. The molecule has 1 aliphatic heterocycles. The zero-order valence-electron chi connectivity index (χ0n) is 14.4. The van der Waals surface area contributed by atoms with Crippen molar-refractivity contribution in [2.24, 2.45) is 0 Å². The first-order valence-corrected chi connectivity index (χ1v) is 8.63. The van der Waals surface area contributed by atoms with Gasteiger partial charge in [-0.15, -0.1) is 0 Å². The quantitative estimate of drug-likeness (QED) is 0.634. The molecule has 0 saturated carbocycles. The van der Waals surface area contributed by atoms with Crippen molar-refractivity contribution in [1.82, 2.24) is 9.88 Å². The van der Waals surface area contributed by atoms with Gasteiger partial charge in [0.2, 0.25) is 0 Å². The lowest BCUT2D eigenvalue weighted by Crippen LogP contribution is -2.44. The molecule has 1 amide bonds. The molecular weight excluding hydrogens is 316 g/mol. The lowest BCUT2D eigenvalue weighted by Gasteiger charge is -2.33. The van der Waals surface area contributed by atoms with Gasteiger partial charge in [0.15, 0.2) is 6.61 Å². The Morgan fingerprint density at radius 3 is 2.96 bits per heavy atom. The van der Waals surface area contributed by atoms with E-state index in [0.29, 0.717) is 0 Å². The van der Waals surface area contributed by atoms with Gasteiger partial charge in [-0.25, -0.2) is 4.79 Å². The fraction of sp³-hybridized carbons (Fsp3) is 0.350. The SMILES string of the molecule is CC1CCCCN1C(=O)COC(=O)/C=C/c1cccc2cccnc12. The standard InChI is InChI=1S/C20H22N2O3/c1-15-6-2-3-13-22(15)18(23)14-25-19(24)11-10-17-8-4-7-16-9-5-12-21-20(16)17/h4-5,7-12,15H,2-3,6,13-14H2,1H3/b11-10+. The van der Waals surface area contributed by atoms with Crippen LogP contribution < -0.4 is 0 Å². The van der Waals surface area contributed by atoms with Gasteiger partial charge in [-0.05, 0) is 38.3 Å². The molecule has 5 heteroatoms. The Labute approximate surface area is 147 Å². The Hall–Kier alpha value is -2.69. The van der Waals surface area contributed by atoms with Crippen LogP contribution in [-0.2, 0) is 14.3 Å². The van der Waals surface area contributed by atoms with Crippen molar-refractivity contribution >= 4 is 28.9 Å². The summed E-state index contributed by atoms with van der Waals surface area (Å²) in [6.45, 7) is 2.57. The normalized spacial score (nSPS) is 17.8. The number of esters is 1. The van der Waals surface area contributed by atoms with Gasteiger partial charge < -0.3 is 9.64 Å². The van der Waals surface area contributed by atoms with Crippen molar-refractivity contribution < 1.29 is 14.3 Å². The summed E-state index contributed by atoms with van der Waals surface area (Å²) in [5.74, 6) is -0.647. The van der Waals surface area contributed by atoms with E-state index in [4.69, 9.17) is 4.74 Å². The van der Waals surface area contributed by atoms with Gasteiger partial charge in [0.25, 0.3) is 5.91 Å². The number of pyridine rings is 1. The largest absolute Gasteiger partial charge is 0.452 e. The molecule has 1 aromatic heterocycles. The summed E-state index contributed by atoms with van der Waals surface area (Å²) in [5, 5.41) is 1.01. The lowest BCUT2D eigenvalue weighted by atomic mass is 10.0. The molecule has 1 fully saturated rings. The van der Waals surface area contributed by atoms with Crippen LogP contribution in [0.25, 0.3) is 17.0 Å². The summed E-state index contributed by atoms with van der Waals surface area (Å²) in [4.78, 5) is 30.2. The van der Waals surface area contributed by atoms with E-state index in [1.165, 1.54) is 6.08 Å². The molecule has 0 radical (unpaired) electrons. The zero-order valence-corrected chi connectivity index (χ0v) is 14.4. The molecule has 1 aliphatic rings. The summed E-state index contributed by atoms with van der Waals surface area (Å²) in [6, 6.07) is 9.83. The van der Waals surface area contributed by atoms with Crippen molar-refractivity contribution in [3.8, 4) is 0 Å². The number of amides is 1. The highest BCUT2D eigenvalue weighted by Gasteiger charge is 2.23. The second kappa shape index (κ2) is 7.92. The topological polar surface area (TPSA) is 59.5 Å². The van der Waals surface area contributed by atoms with E-state index < -0.39 is 5.97 Å². The van der Waals surface area contributed by atoms with E-state index in [1.807, 2.05) is 37.3 Å². The van der Waals surface area contributed by atoms with E-state index in [-0.39, 0.29) is 18.6 Å². The van der Waals surface area contributed by atoms with E-state index in [0.717, 1.165) is 42.3 Å². The maximum absolute atomic E-state index is 12.2. The third kappa shape index (κ3) is 4.24. The maximum atomic E-state index is 12.2. The Bertz CT molecular complexity index is 795. The molecule has 0 bridgehead atoms. The summed E-state index contributed by atoms with van der Waals surface area (Å²) in [5.41, 5.74) is 1.67. The van der Waals surface area contributed by atoms with Crippen LogP contribution in [0.4, 0.5) is 0 Å². The molecule has 1 atom stereocenters. The molecule has 25 heavy (non-hydrogen) atoms. The molecule has 1 saturated heterocycles. The number of nitrogens with zero attached hydrogens (tertiary/aromatic N) is 2. The van der Waals surface area contributed by atoms with Crippen LogP contribution in [0.1, 0.15) is 31.7 Å². The second-order valence-electron chi connectivity index (χ2n) is 6.30. The molecule has 1 unspecified atom stereocenters. The Balaban J connectivity index is 1.58. The molecular formula is C20H22N2O3. The fourth-order valence-electron chi connectivity index (χ4n) is 3.15. The first-order valence-electron chi connectivity index (χ1n) is 8.63. The fourth-order valence-corrected chi connectivity index (χ4v) is 3.15. The first-order chi connectivity index (χ1) is 12.1. The van der Waals surface area contributed by atoms with E-state index in [2.05, 4.69) is 4.98 Å². The zero-order chi connectivity index (χ0) is 17.6. The lowest BCUT2D eigenvalue weighted by molar-refractivity contribution is -0.149. The molecule has 0 aliphatic carbocycles. The predicted molar refractivity (Wildman–Crippen MR) is 96.8 cm³/mol. The van der Waals surface area contributed by atoms with Gasteiger partial charge >= 0.3 is 5.97 Å². The van der Waals surface area contributed by atoms with Crippen LogP contribution >= 0.6 is 0 Å². The number of hydrogen-bond donors (Lipinski definition) is 0. The van der Waals surface area contributed by atoms with Crippen LogP contribution in [0.3, 0.4) is 0 Å². The van der Waals surface area contributed by atoms with E-state index in [1.54, 1.807) is 17.2 Å². The highest BCUT2D eigenvalue weighted by molar-refractivity contribution is 5.93. The first kappa shape index (κ1) is 17.1. The summed E-state index contributed by atoms with van der Waals surface area (Å²) in [7, 11) is 0. The maximum Gasteiger partial charge on any atom is 0.331 e. The number of ether oxygens (including phenoxy) is 1. The number of benzene rings is 1. The number of carbonyl (C=O) groups is 2. The van der Waals surface area contributed by atoms with E-state index >= 15 is 0 Å². The average Bonchev–Trinajstić information content (AvgIpc) is 2.64. The molecule has 0 N–H and O–H groups in total. The van der Waals surface area contributed by atoms with Crippen LogP contribution in [0.15, 0.2) is 42.6 Å². The molecule has 3 rings (SSSR count). The van der Waals surface area contributed by atoms with Crippen molar-refractivity contribution in [1.29, 1.82) is 0 Å². The molecule has 2 aromatic rings. The van der Waals surface area contributed by atoms with Crippen LogP contribution in [0.2, 0.25) is 0 Å². The summed E-state index contributed by atoms with van der Waals surface area (Å²) < 4.78 is 5.10. The van der Waals surface area contributed by atoms with E-state index in [9.17, 15) is 9.59 Å². The predicted octanol–water partition coefficient (Wildman–Crippen LogP) is 3.19. The minimum Gasteiger partial charge on any atom is -0.452 e. The smallest absolute Gasteiger partial charge is 0.331 e. The minimum absolute atomic E-state index is 0.124. The summed E-state index contributed by atoms with van der Waals surface area (Å²) >= 11 is 0. The molecule has 5 nitrogen and oxygen atoms in total. The number of fused-ring (bicyclic) bond motifs is 1. The number of hydrogen-bond acceptors (Lipinski definition) is 4. The second-order valence-corrected chi connectivity index (χ2v) is 6.30. The van der Waals surface area contributed by atoms with Gasteiger partial charge in [0, 0.05) is 35.8 Å². The van der Waals surface area contributed by atoms with Gasteiger partial charge in [-0.1, -0.05) is 24.3 Å². The van der Waals surface area contributed by atoms with Crippen LogP contribution in [0.5, 0.6) is 0 Å². The van der Waals surface area contributed by atoms with Gasteiger partial charge in [0.05, 0.1) is 5.52 Å². The number of piperidine rings is 1. The van der Waals surface area contributed by atoms with Crippen molar-refractivity contribution in [3.63, 3.8) is 0 Å². The number of likely N-dealkylation sites (tertiary alicyclic amines) is 1. The summed E-state index contributed by atoms with van der Waals surface area (Å²) in [6.07, 6.45) is 7.90. The van der Waals surface area contributed by atoms with Crippen molar-refractivity contribution in [2.75, 3.05) is 13.2 Å². The van der Waals surface area contributed by atoms with Crippen molar-refractivity contribution in [3.05, 3.63) is 48.2 Å². The number of carbonyl (C=O) groups excluding carboxylic acids is 2. The minimum atomic E-state index is -0.522. The molecule has 1 aromatic carbocycles. The Morgan fingerprint density at radius 1 is 1.28 bits per heavy atom. The molecule has 130 valence electrons. The number of aromatic nitrogens is 1. The Morgan fingerprint density at radius 2 is 2.12 bits per heavy atom.